The van der Waals surface area contributed by atoms with E-state index in [4.69, 9.17) is 16.3 Å². The number of carbonyl (C=O) groups is 1. The third kappa shape index (κ3) is 5.07. The topological polar surface area (TPSA) is 41.6 Å². The van der Waals surface area contributed by atoms with Crippen LogP contribution < -0.4 is 10.1 Å². The van der Waals surface area contributed by atoms with E-state index in [1.807, 2.05) is 48.5 Å². The second-order valence-corrected chi connectivity index (χ2v) is 9.38. The van der Waals surface area contributed by atoms with Gasteiger partial charge < -0.3 is 10.1 Å². The molecule has 1 heterocycles. The molecule has 0 spiro atoms. The smallest absolute Gasteiger partial charge is 0.235 e. The van der Waals surface area contributed by atoms with Crippen molar-refractivity contribution in [2.75, 3.05) is 25.0 Å². The highest BCUT2D eigenvalue weighted by atomic mass is 35.5. The van der Waals surface area contributed by atoms with Crippen LogP contribution in [0.1, 0.15) is 57.4 Å². The Bertz CT molecular complexity index is 877. The molecule has 2 fully saturated rings. The highest BCUT2D eigenvalue weighted by molar-refractivity contribution is 6.31. The van der Waals surface area contributed by atoms with E-state index in [-0.39, 0.29) is 5.91 Å². The Morgan fingerprint density at radius 1 is 1.10 bits per heavy atom. The van der Waals surface area contributed by atoms with E-state index in [9.17, 15) is 4.79 Å². The fraction of sp³-hybridized carbons (Fsp3) is 0.500. The first-order chi connectivity index (χ1) is 15.1. The number of hydrogen-bond acceptors (Lipinski definition) is 3. The predicted octanol–water partition coefficient (Wildman–Crippen LogP) is 6.04. The number of carbonyl (C=O) groups excluding carboxylic acids is 1. The van der Waals surface area contributed by atoms with Crippen LogP contribution in [-0.4, -0.2) is 36.5 Å². The Hall–Kier alpha value is -2.04. The summed E-state index contributed by atoms with van der Waals surface area (Å²) in [6, 6.07) is 16.1. The fourth-order valence-corrected chi connectivity index (χ4v) is 5.42. The first-order valence-corrected chi connectivity index (χ1v) is 12.0. The second-order valence-electron chi connectivity index (χ2n) is 8.98. The van der Waals surface area contributed by atoms with Gasteiger partial charge in [0.05, 0.1) is 5.41 Å². The van der Waals surface area contributed by atoms with Gasteiger partial charge in [-0.2, -0.15) is 0 Å². The lowest BCUT2D eigenvalue weighted by Gasteiger charge is -2.33. The molecular weight excluding hydrogens is 408 g/mol. The Morgan fingerprint density at radius 3 is 2.55 bits per heavy atom. The second kappa shape index (κ2) is 10.1. The van der Waals surface area contributed by atoms with Gasteiger partial charge in [0.25, 0.3) is 0 Å². The van der Waals surface area contributed by atoms with Gasteiger partial charge in [-0.15, -0.1) is 0 Å². The Morgan fingerprint density at radius 2 is 1.84 bits per heavy atom. The number of nitrogens with one attached hydrogen (secondary N) is 1. The van der Waals surface area contributed by atoms with Gasteiger partial charge in [-0.3, -0.25) is 9.69 Å². The minimum absolute atomic E-state index is 0.0332. The fourth-order valence-electron chi connectivity index (χ4n) is 5.10. The lowest BCUT2D eigenvalue weighted by molar-refractivity contribution is -0.121. The van der Waals surface area contributed by atoms with E-state index in [1.54, 1.807) is 0 Å². The number of nitrogens with zero attached hydrogens (tertiary/aromatic N) is 1. The van der Waals surface area contributed by atoms with Gasteiger partial charge in [-0.1, -0.05) is 49.1 Å². The summed E-state index contributed by atoms with van der Waals surface area (Å²) in [5.41, 5.74) is 1.19. The lowest BCUT2D eigenvalue weighted by Crippen LogP contribution is -2.39. The summed E-state index contributed by atoms with van der Waals surface area (Å²) in [5, 5.41) is 3.80. The number of anilines is 1. The van der Waals surface area contributed by atoms with Crippen LogP contribution >= 0.6 is 11.6 Å². The van der Waals surface area contributed by atoms with E-state index < -0.39 is 5.41 Å². The van der Waals surface area contributed by atoms with Crippen LogP contribution in [0.4, 0.5) is 5.69 Å². The van der Waals surface area contributed by atoms with Crippen LogP contribution in [0.5, 0.6) is 5.75 Å². The van der Waals surface area contributed by atoms with Crippen LogP contribution in [0.3, 0.4) is 0 Å². The molecule has 5 heteroatoms. The van der Waals surface area contributed by atoms with Crippen LogP contribution in [0, 0.1) is 0 Å². The number of amides is 1. The normalized spacial score (nSPS) is 21.0. The van der Waals surface area contributed by atoms with Gasteiger partial charge in [0.15, 0.2) is 0 Å². The van der Waals surface area contributed by atoms with Crippen molar-refractivity contribution in [3.63, 3.8) is 0 Å². The van der Waals surface area contributed by atoms with Crippen LogP contribution in [0.15, 0.2) is 48.5 Å². The summed E-state index contributed by atoms with van der Waals surface area (Å²) in [7, 11) is 0. The van der Waals surface area contributed by atoms with Gasteiger partial charge in [0, 0.05) is 23.3 Å². The van der Waals surface area contributed by atoms with Crippen molar-refractivity contribution >= 4 is 23.2 Å². The summed E-state index contributed by atoms with van der Waals surface area (Å²) in [5.74, 6) is 0.871. The number of halogens is 1. The van der Waals surface area contributed by atoms with Crippen molar-refractivity contribution in [3.05, 3.63) is 59.1 Å². The minimum Gasteiger partial charge on any atom is -0.492 e. The summed E-state index contributed by atoms with van der Waals surface area (Å²) in [4.78, 5) is 15.9. The average molecular weight is 441 g/mol. The highest BCUT2D eigenvalue weighted by Gasteiger charge is 2.43. The SMILES string of the molecule is C[C@H]1CCCCN1CCOc1ccc(NC(=O)C2(c3ccccc3Cl)CCCC2)cc1. The maximum Gasteiger partial charge on any atom is 0.235 e. The Kier molecular flexibility index (Phi) is 7.19. The maximum atomic E-state index is 13.3. The van der Waals surface area contributed by atoms with Gasteiger partial charge in [0.1, 0.15) is 12.4 Å². The summed E-state index contributed by atoms with van der Waals surface area (Å²) < 4.78 is 5.95. The molecule has 1 amide bonds. The first kappa shape index (κ1) is 22.2. The molecule has 1 N–H and O–H groups in total. The largest absolute Gasteiger partial charge is 0.492 e. The zero-order valence-corrected chi connectivity index (χ0v) is 19.2. The van der Waals surface area contributed by atoms with Gasteiger partial charge in [-0.05, 0) is 75.0 Å². The standard InChI is InChI=1S/C26H33ClN2O2/c1-20-8-4-7-17-29(20)18-19-31-22-13-11-21(12-14-22)28-25(30)26(15-5-6-16-26)23-9-2-3-10-24(23)27/h2-3,9-14,20H,4-8,15-19H2,1H3,(H,28,30)/t20-/m0/s1. The monoisotopic (exact) mass is 440 g/mol. The Labute approximate surface area is 190 Å². The zero-order chi connectivity index (χ0) is 21.7. The summed E-state index contributed by atoms with van der Waals surface area (Å²) >= 11 is 6.48. The molecule has 2 aliphatic rings. The molecule has 0 unspecified atom stereocenters. The van der Waals surface area contributed by atoms with Crippen molar-refractivity contribution < 1.29 is 9.53 Å². The summed E-state index contributed by atoms with van der Waals surface area (Å²) in [6.07, 6.45) is 7.65. The first-order valence-electron chi connectivity index (χ1n) is 11.6. The van der Waals surface area contributed by atoms with Crippen molar-refractivity contribution in [1.29, 1.82) is 0 Å². The van der Waals surface area contributed by atoms with Crippen molar-refractivity contribution in [3.8, 4) is 5.75 Å². The van der Waals surface area contributed by atoms with Crippen LogP contribution in [-0.2, 0) is 10.2 Å². The van der Waals surface area contributed by atoms with E-state index >= 15 is 0 Å². The molecule has 0 bridgehead atoms. The highest BCUT2D eigenvalue weighted by Crippen LogP contribution is 2.44. The van der Waals surface area contributed by atoms with E-state index in [0.717, 1.165) is 49.2 Å². The molecule has 0 aromatic heterocycles. The molecule has 1 atom stereocenters. The molecule has 4 nitrogen and oxygen atoms in total. The molecule has 2 aromatic rings. The van der Waals surface area contributed by atoms with E-state index in [0.29, 0.717) is 17.7 Å². The minimum atomic E-state index is -0.543. The van der Waals surface area contributed by atoms with E-state index in [2.05, 4.69) is 17.1 Å². The van der Waals surface area contributed by atoms with Gasteiger partial charge >= 0.3 is 0 Å². The molecule has 1 saturated carbocycles. The molecule has 0 radical (unpaired) electrons. The quantitative estimate of drug-likeness (QED) is 0.570. The molecule has 1 aliphatic carbocycles. The number of likely N-dealkylation sites (tertiary alicyclic amines) is 1. The average Bonchev–Trinajstić information content (AvgIpc) is 3.28. The molecule has 2 aromatic carbocycles. The predicted molar refractivity (Wildman–Crippen MR) is 127 cm³/mol. The lowest BCUT2D eigenvalue weighted by atomic mass is 9.78. The van der Waals surface area contributed by atoms with Gasteiger partial charge in [-0.25, -0.2) is 0 Å². The van der Waals surface area contributed by atoms with Crippen molar-refractivity contribution in [2.45, 2.75) is 63.3 Å². The number of benzene rings is 2. The molecule has 166 valence electrons. The van der Waals surface area contributed by atoms with Crippen LogP contribution in [0.25, 0.3) is 0 Å². The number of ether oxygens (including phenoxy) is 1. The van der Waals surface area contributed by atoms with Crippen molar-refractivity contribution in [1.82, 2.24) is 4.90 Å². The third-order valence-electron chi connectivity index (χ3n) is 6.98. The van der Waals surface area contributed by atoms with Crippen molar-refractivity contribution in [2.24, 2.45) is 0 Å². The molecule has 31 heavy (non-hydrogen) atoms. The molecule has 1 saturated heterocycles. The molecule has 4 rings (SSSR count). The summed E-state index contributed by atoms with van der Waals surface area (Å²) in [6.45, 7) is 5.12. The zero-order valence-electron chi connectivity index (χ0n) is 18.4. The third-order valence-corrected chi connectivity index (χ3v) is 7.31. The van der Waals surface area contributed by atoms with E-state index in [1.165, 1.54) is 25.8 Å². The molecule has 1 aliphatic heterocycles. The molecular formula is C26H33ClN2O2. The number of piperidine rings is 1. The maximum absolute atomic E-state index is 13.3. The van der Waals surface area contributed by atoms with Crippen LogP contribution in [0.2, 0.25) is 5.02 Å². The number of rotatable bonds is 7. The number of hydrogen-bond donors (Lipinski definition) is 1. The Balaban J connectivity index is 1.36. The van der Waals surface area contributed by atoms with Gasteiger partial charge in [0.2, 0.25) is 5.91 Å².